The largest absolute Gasteiger partial charge is 0.465 e. The molecule has 0 aliphatic heterocycles. The minimum absolute atomic E-state index is 0.00278. The smallest absolute Gasteiger partial charge is 0.404 e. The van der Waals surface area contributed by atoms with Crippen LogP contribution < -0.4 is 10.6 Å². The van der Waals surface area contributed by atoms with E-state index in [2.05, 4.69) is 10.6 Å². The first-order valence-electron chi connectivity index (χ1n) is 7.46. The fourth-order valence-electron chi connectivity index (χ4n) is 2.79. The number of nitro benzene ring substituents is 1. The lowest BCUT2D eigenvalue weighted by Gasteiger charge is -2.27. The molecular formula is C15H19N3O5. The van der Waals surface area contributed by atoms with Crippen LogP contribution in [0.25, 0.3) is 0 Å². The Bertz CT molecular complexity index is 597. The Kier molecular flexibility index (Phi) is 5.51. The fraction of sp³-hybridized carbons (Fsp3) is 0.467. The van der Waals surface area contributed by atoms with Crippen LogP contribution in [-0.2, 0) is 11.3 Å². The SMILES string of the molecule is O=C(O)NC1CCC(C(=O)NCc2cccc([N+](=O)[O-])c2)CC1. The number of rotatable bonds is 5. The number of hydrogen-bond acceptors (Lipinski definition) is 4. The van der Waals surface area contributed by atoms with Crippen molar-refractivity contribution in [2.75, 3.05) is 0 Å². The van der Waals surface area contributed by atoms with Crippen LogP contribution in [-0.4, -0.2) is 28.1 Å². The summed E-state index contributed by atoms with van der Waals surface area (Å²) >= 11 is 0. The molecule has 0 radical (unpaired) electrons. The molecule has 0 heterocycles. The number of carbonyl (C=O) groups excluding carboxylic acids is 1. The second-order valence-corrected chi connectivity index (χ2v) is 5.64. The molecule has 2 amide bonds. The van der Waals surface area contributed by atoms with Gasteiger partial charge in [-0.15, -0.1) is 0 Å². The first-order chi connectivity index (χ1) is 11.0. The zero-order valence-corrected chi connectivity index (χ0v) is 12.5. The van der Waals surface area contributed by atoms with Gasteiger partial charge >= 0.3 is 6.09 Å². The van der Waals surface area contributed by atoms with E-state index >= 15 is 0 Å². The number of benzene rings is 1. The maximum absolute atomic E-state index is 12.1. The van der Waals surface area contributed by atoms with Gasteiger partial charge in [-0.3, -0.25) is 14.9 Å². The van der Waals surface area contributed by atoms with Crippen LogP contribution >= 0.6 is 0 Å². The predicted molar refractivity (Wildman–Crippen MR) is 81.8 cm³/mol. The molecule has 23 heavy (non-hydrogen) atoms. The lowest BCUT2D eigenvalue weighted by atomic mass is 9.85. The van der Waals surface area contributed by atoms with Crippen molar-refractivity contribution in [2.24, 2.45) is 5.92 Å². The van der Waals surface area contributed by atoms with E-state index in [0.29, 0.717) is 31.2 Å². The summed E-state index contributed by atoms with van der Waals surface area (Å²) in [4.78, 5) is 33.0. The normalized spacial score (nSPS) is 20.5. The molecule has 124 valence electrons. The van der Waals surface area contributed by atoms with Crippen LogP contribution in [0.3, 0.4) is 0 Å². The fourth-order valence-corrected chi connectivity index (χ4v) is 2.79. The van der Waals surface area contributed by atoms with Crippen molar-refractivity contribution in [2.45, 2.75) is 38.3 Å². The summed E-state index contributed by atoms with van der Waals surface area (Å²) in [7, 11) is 0. The van der Waals surface area contributed by atoms with E-state index in [1.54, 1.807) is 12.1 Å². The third kappa shape index (κ3) is 4.94. The topological polar surface area (TPSA) is 122 Å². The van der Waals surface area contributed by atoms with E-state index in [1.807, 2.05) is 0 Å². The van der Waals surface area contributed by atoms with Gasteiger partial charge in [-0.05, 0) is 31.2 Å². The Labute approximate surface area is 133 Å². The molecule has 1 aromatic rings. The number of amides is 2. The van der Waals surface area contributed by atoms with Crippen molar-refractivity contribution in [3.8, 4) is 0 Å². The summed E-state index contributed by atoms with van der Waals surface area (Å²) in [6.07, 6.45) is 1.50. The highest BCUT2D eigenvalue weighted by molar-refractivity contribution is 5.78. The van der Waals surface area contributed by atoms with Gasteiger partial charge in [0, 0.05) is 30.6 Å². The summed E-state index contributed by atoms with van der Waals surface area (Å²) < 4.78 is 0. The number of hydrogen-bond donors (Lipinski definition) is 3. The molecule has 1 aliphatic carbocycles. The monoisotopic (exact) mass is 321 g/mol. The Morgan fingerprint density at radius 2 is 1.96 bits per heavy atom. The minimum Gasteiger partial charge on any atom is -0.465 e. The molecule has 0 saturated heterocycles. The standard InChI is InChI=1S/C15H19N3O5/c19-14(11-4-6-12(7-5-11)17-15(20)21)16-9-10-2-1-3-13(8-10)18(22)23/h1-3,8,11-12,17H,4-7,9H2,(H,16,19)(H,20,21). The molecule has 0 atom stereocenters. The van der Waals surface area contributed by atoms with E-state index in [9.17, 15) is 19.7 Å². The molecule has 1 saturated carbocycles. The number of nitro groups is 1. The van der Waals surface area contributed by atoms with Gasteiger partial charge in [0.25, 0.3) is 5.69 Å². The maximum atomic E-state index is 12.1. The third-order valence-corrected chi connectivity index (χ3v) is 4.01. The minimum atomic E-state index is -1.04. The molecule has 2 rings (SSSR count). The third-order valence-electron chi connectivity index (χ3n) is 4.01. The Morgan fingerprint density at radius 1 is 1.26 bits per heavy atom. The summed E-state index contributed by atoms with van der Waals surface area (Å²) in [5, 5.41) is 24.6. The molecular weight excluding hydrogens is 302 g/mol. The lowest BCUT2D eigenvalue weighted by molar-refractivity contribution is -0.384. The second-order valence-electron chi connectivity index (χ2n) is 5.64. The first-order valence-corrected chi connectivity index (χ1v) is 7.46. The summed E-state index contributed by atoms with van der Waals surface area (Å²) in [5.41, 5.74) is 0.672. The molecule has 0 spiro atoms. The van der Waals surface area contributed by atoms with Gasteiger partial charge < -0.3 is 15.7 Å². The number of non-ortho nitro benzene ring substituents is 1. The van der Waals surface area contributed by atoms with Crippen molar-refractivity contribution in [3.63, 3.8) is 0 Å². The average molecular weight is 321 g/mol. The van der Waals surface area contributed by atoms with E-state index in [0.717, 1.165) is 0 Å². The van der Waals surface area contributed by atoms with E-state index in [-0.39, 0.29) is 30.1 Å². The zero-order chi connectivity index (χ0) is 16.8. The van der Waals surface area contributed by atoms with Crippen LogP contribution in [0, 0.1) is 16.0 Å². The van der Waals surface area contributed by atoms with Gasteiger partial charge in [0.05, 0.1) is 4.92 Å². The molecule has 8 heteroatoms. The molecule has 0 aromatic heterocycles. The average Bonchev–Trinajstić information content (AvgIpc) is 2.53. The zero-order valence-electron chi connectivity index (χ0n) is 12.5. The quantitative estimate of drug-likeness (QED) is 0.566. The Balaban J connectivity index is 1.80. The van der Waals surface area contributed by atoms with E-state index in [4.69, 9.17) is 5.11 Å². The highest BCUT2D eigenvalue weighted by Gasteiger charge is 2.26. The van der Waals surface area contributed by atoms with Crippen LogP contribution in [0.2, 0.25) is 0 Å². The Morgan fingerprint density at radius 3 is 2.57 bits per heavy atom. The number of nitrogens with one attached hydrogen (secondary N) is 2. The van der Waals surface area contributed by atoms with Crippen LogP contribution in [0.1, 0.15) is 31.2 Å². The highest BCUT2D eigenvalue weighted by Crippen LogP contribution is 2.24. The summed E-state index contributed by atoms with van der Waals surface area (Å²) in [5.74, 6) is -0.231. The van der Waals surface area contributed by atoms with Gasteiger partial charge in [-0.2, -0.15) is 0 Å². The van der Waals surface area contributed by atoms with Crippen molar-refractivity contribution < 1.29 is 19.6 Å². The van der Waals surface area contributed by atoms with E-state index < -0.39 is 11.0 Å². The molecule has 8 nitrogen and oxygen atoms in total. The molecule has 1 fully saturated rings. The molecule has 0 bridgehead atoms. The number of carboxylic acid groups (broad SMARTS) is 1. The molecule has 0 unspecified atom stereocenters. The maximum Gasteiger partial charge on any atom is 0.404 e. The number of carbonyl (C=O) groups is 2. The van der Waals surface area contributed by atoms with Crippen LogP contribution in [0.15, 0.2) is 24.3 Å². The van der Waals surface area contributed by atoms with Gasteiger partial charge in [0.1, 0.15) is 0 Å². The summed E-state index contributed by atoms with van der Waals surface area (Å²) in [6.45, 7) is 0.244. The van der Waals surface area contributed by atoms with Crippen LogP contribution in [0.4, 0.5) is 10.5 Å². The summed E-state index contributed by atoms with van der Waals surface area (Å²) in [6, 6.07) is 6.06. The molecule has 3 N–H and O–H groups in total. The van der Waals surface area contributed by atoms with E-state index in [1.165, 1.54) is 12.1 Å². The first kappa shape index (κ1) is 16.7. The molecule has 1 aliphatic rings. The van der Waals surface area contributed by atoms with Crippen molar-refractivity contribution in [1.29, 1.82) is 0 Å². The van der Waals surface area contributed by atoms with Gasteiger partial charge in [0.15, 0.2) is 0 Å². The van der Waals surface area contributed by atoms with Crippen molar-refractivity contribution in [3.05, 3.63) is 39.9 Å². The second kappa shape index (κ2) is 7.57. The van der Waals surface area contributed by atoms with Crippen LogP contribution in [0.5, 0.6) is 0 Å². The van der Waals surface area contributed by atoms with Gasteiger partial charge in [-0.25, -0.2) is 4.79 Å². The van der Waals surface area contributed by atoms with Crippen molar-refractivity contribution >= 4 is 17.7 Å². The van der Waals surface area contributed by atoms with Crippen molar-refractivity contribution in [1.82, 2.24) is 10.6 Å². The van der Waals surface area contributed by atoms with Gasteiger partial charge in [0.2, 0.25) is 5.91 Å². The highest BCUT2D eigenvalue weighted by atomic mass is 16.6. The lowest BCUT2D eigenvalue weighted by Crippen LogP contribution is -2.40. The Hall–Kier alpha value is -2.64. The molecule has 1 aromatic carbocycles. The predicted octanol–water partition coefficient (Wildman–Crippen LogP) is 2.04. The van der Waals surface area contributed by atoms with Gasteiger partial charge in [-0.1, -0.05) is 12.1 Å². The number of nitrogens with zero attached hydrogens (tertiary/aromatic N) is 1.